The minimum atomic E-state index is -0.752. The van der Waals surface area contributed by atoms with E-state index in [1.165, 1.54) is 47.4 Å². The Kier molecular flexibility index (Phi) is 5.23. The number of nitrogens with zero attached hydrogens (tertiary/aromatic N) is 3. The van der Waals surface area contributed by atoms with E-state index in [-0.39, 0.29) is 5.69 Å². The summed E-state index contributed by atoms with van der Waals surface area (Å²) in [6, 6.07) is 13.8. The molecule has 0 atom stereocenters. The van der Waals surface area contributed by atoms with Crippen LogP contribution in [-0.2, 0) is 9.53 Å². The van der Waals surface area contributed by atoms with Crippen molar-refractivity contribution in [1.82, 2.24) is 9.55 Å². The topological polar surface area (TPSA) is 97.0 Å². The van der Waals surface area contributed by atoms with Gasteiger partial charge in [-0.15, -0.1) is 0 Å². The van der Waals surface area contributed by atoms with Crippen LogP contribution < -0.4 is 5.32 Å². The maximum atomic E-state index is 13.0. The number of rotatable bonds is 5. The average molecular weight is 364 g/mol. The van der Waals surface area contributed by atoms with E-state index in [2.05, 4.69) is 10.3 Å². The number of amides is 1. The molecule has 0 aliphatic carbocycles. The van der Waals surface area contributed by atoms with Gasteiger partial charge in [0.2, 0.25) is 0 Å². The number of hydrogen-bond donors (Lipinski definition) is 1. The molecule has 1 amide bonds. The van der Waals surface area contributed by atoms with E-state index >= 15 is 0 Å². The first-order valence-electron chi connectivity index (χ1n) is 7.82. The first kappa shape index (κ1) is 17.8. The number of carbonyl (C=O) groups is 2. The SMILES string of the molecule is N#Cc1cccc(NC(=O)COC(=O)c2cncn2-c2ccc(F)cc2)c1. The zero-order valence-corrected chi connectivity index (χ0v) is 13.9. The van der Waals surface area contributed by atoms with Gasteiger partial charge in [-0.2, -0.15) is 5.26 Å². The molecule has 0 bridgehead atoms. The molecule has 0 radical (unpaired) electrons. The van der Waals surface area contributed by atoms with E-state index in [0.717, 1.165) is 0 Å². The number of ether oxygens (including phenoxy) is 1. The summed E-state index contributed by atoms with van der Waals surface area (Å²) in [4.78, 5) is 28.1. The monoisotopic (exact) mass is 364 g/mol. The second-order valence-electron chi connectivity index (χ2n) is 5.44. The average Bonchev–Trinajstić information content (AvgIpc) is 3.17. The molecular weight excluding hydrogens is 351 g/mol. The third-order valence-corrected chi connectivity index (χ3v) is 3.56. The molecule has 0 aliphatic rings. The molecule has 1 N–H and O–H groups in total. The highest BCUT2D eigenvalue weighted by Gasteiger charge is 2.16. The minimum absolute atomic E-state index is 0.0980. The summed E-state index contributed by atoms with van der Waals surface area (Å²) >= 11 is 0. The van der Waals surface area contributed by atoms with Gasteiger partial charge in [0.15, 0.2) is 12.3 Å². The van der Waals surface area contributed by atoms with Crippen LogP contribution in [0.1, 0.15) is 16.1 Å². The van der Waals surface area contributed by atoms with Crippen molar-refractivity contribution in [3.05, 3.63) is 78.1 Å². The molecule has 2 aromatic carbocycles. The number of imidazole rings is 1. The van der Waals surface area contributed by atoms with Crippen molar-refractivity contribution in [1.29, 1.82) is 5.26 Å². The van der Waals surface area contributed by atoms with Gasteiger partial charge in [0.1, 0.15) is 5.82 Å². The van der Waals surface area contributed by atoms with Crippen molar-refractivity contribution in [2.45, 2.75) is 0 Å². The number of carbonyl (C=O) groups excluding carboxylic acids is 2. The van der Waals surface area contributed by atoms with Gasteiger partial charge in [0.05, 0.1) is 24.2 Å². The molecule has 1 heterocycles. The smallest absolute Gasteiger partial charge is 0.357 e. The maximum Gasteiger partial charge on any atom is 0.357 e. The molecule has 3 rings (SSSR count). The number of anilines is 1. The van der Waals surface area contributed by atoms with Gasteiger partial charge < -0.3 is 10.1 Å². The highest BCUT2D eigenvalue weighted by Crippen LogP contribution is 2.13. The van der Waals surface area contributed by atoms with E-state index in [9.17, 15) is 14.0 Å². The van der Waals surface area contributed by atoms with Gasteiger partial charge in [-0.3, -0.25) is 9.36 Å². The van der Waals surface area contributed by atoms with Crippen LogP contribution in [0.4, 0.5) is 10.1 Å². The molecule has 27 heavy (non-hydrogen) atoms. The third-order valence-electron chi connectivity index (χ3n) is 3.56. The molecule has 134 valence electrons. The normalized spacial score (nSPS) is 10.1. The summed E-state index contributed by atoms with van der Waals surface area (Å²) in [5.74, 6) is -1.70. The Bertz CT molecular complexity index is 1020. The fraction of sp³-hybridized carbons (Fsp3) is 0.0526. The number of benzene rings is 2. The molecule has 8 heteroatoms. The fourth-order valence-corrected chi connectivity index (χ4v) is 2.32. The van der Waals surface area contributed by atoms with Crippen molar-refractivity contribution < 1.29 is 18.7 Å². The number of halogens is 1. The summed E-state index contributed by atoms with van der Waals surface area (Å²) in [7, 11) is 0. The highest BCUT2D eigenvalue weighted by atomic mass is 19.1. The van der Waals surface area contributed by atoms with Crippen molar-refractivity contribution in [3.63, 3.8) is 0 Å². The van der Waals surface area contributed by atoms with Crippen LogP contribution in [0.2, 0.25) is 0 Å². The standard InChI is InChI=1S/C19H13FN4O3/c20-14-4-6-16(7-5-14)24-12-22-10-17(24)19(26)27-11-18(25)23-15-3-1-2-13(8-15)9-21/h1-8,10,12H,11H2,(H,23,25). The summed E-state index contributed by atoms with van der Waals surface area (Å²) in [6.07, 6.45) is 2.68. The van der Waals surface area contributed by atoms with Crippen LogP contribution in [0.15, 0.2) is 61.1 Å². The molecule has 3 aromatic rings. The summed E-state index contributed by atoms with van der Waals surface area (Å²) in [6.45, 7) is -0.510. The second kappa shape index (κ2) is 7.93. The fourth-order valence-electron chi connectivity index (χ4n) is 2.32. The lowest BCUT2D eigenvalue weighted by Gasteiger charge is -2.09. The van der Waals surface area contributed by atoms with Gasteiger partial charge in [-0.25, -0.2) is 14.2 Å². The zero-order chi connectivity index (χ0) is 19.2. The summed E-state index contributed by atoms with van der Waals surface area (Å²) in [5, 5.41) is 11.4. The van der Waals surface area contributed by atoms with Crippen LogP contribution in [0.25, 0.3) is 5.69 Å². The second-order valence-corrected chi connectivity index (χ2v) is 5.44. The lowest BCUT2D eigenvalue weighted by Crippen LogP contribution is -2.22. The van der Waals surface area contributed by atoms with Gasteiger partial charge in [0, 0.05) is 11.4 Å². The molecular formula is C19H13FN4O3. The van der Waals surface area contributed by atoms with E-state index in [1.807, 2.05) is 6.07 Å². The lowest BCUT2D eigenvalue weighted by atomic mass is 10.2. The van der Waals surface area contributed by atoms with E-state index in [0.29, 0.717) is 16.9 Å². The van der Waals surface area contributed by atoms with Crippen LogP contribution in [0.3, 0.4) is 0 Å². The van der Waals surface area contributed by atoms with Crippen LogP contribution in [0, 0.1) is 17.1 Å². The summed E-state index contributed by atoms with van der Waals surface area (Å²) < 4.78 is 19.5. The van der Waals surface area contributed by atoms with Gasteiger partial charge in [0.25, 0.3) is 5.91 Å². The van der Waals surface area contributed by atoms with Crippen LogP contribution >= 0.6 is 0 Å². The number of aromatic nitrogens is 2. The summed E-state index contributed by atoms with van der Waals surface area (Å²) in [5.41, 5.74) is 1.44. The van der Waals surface area contributed by atoms with Gasteiger partial charge in [-0.1, -0.05) is 6.07 Å². The Hall–Kier alpha value is -3.99. The van der Waals surface area contributed by atoms with Crippen LogP contribution in [-0.4, -0.2) is 28.0 Å². The molecule has 0 spiro atoms. The largest absolute Gasteiger partial charge is 0.451 e. The molecule has 0 unspecified atom stereocenters. The molecule has 1 aromatic heterocycles. The number of hydrogen-bond acceptors (Lipinski definition) is 5. The Balaban J connectivity index is 1.63. The van der Waals surface area contributed by atoms with Crippen molar-refractivity contribution in [2.75, 3.05) is 11.9 Å². The van der Waals surface area contributed by atoms with Crippen LogP contribution in [0.5, 0.6) is 0 Å². The predicted octanol–water partition coefficient (Wildman–Crippen LogP) is 2.68. The third kappa shape index (κ3) is 4.35. The maximum absolute atomic E-state index is 13.0. The zero-order valence-electron chi connectivity index (χ0n) is 13.9. The molecule has 0 saturated heterocycles. The Morgan fingerprint density at radius 2 is 2.00 bits per heavy atom. The predicted molar refractivity (Wildman–Crippen MR) is 93.6 cm³/mol. The van der Waals surface area contributed by atoms with Crippen molar-refractivity contribution in [3.8, 4) is 11.8 Å². The molecule has 0 fully saturated rings. The van der Waals surface area contributed by atoms with Gasteiger partial charge in [-0.05, 0) is 42.5 Å². The molecule has 0 aliphatic heterocycles. The first-order valence-corrected chi connectivity index (χ1v) is 7.82. The Morgan fingerprint density at radius 1 is 1.22 bits per heavy atom. The van der Waals surface area contributed by atoms with E-state index in [1.54, 1.807) is 18.2 Å². The van der Waals surface area contributed by atoms with E-state index < -0.39 is 24.3 Å². The quantitative estimate of drug-likeness (QED) is 0.702. The Morgan fingerprint density at radius 3 is 2.74 bits per heavy atom. The molecule has 0 saturated carbocycles. The minimum Gasteiger partial charge on any atom is -0.451 e. The van der Waals surface area contributed by atoms with E-state index in [4.69, 9.17) is 10.00 Å². The number of nitrogens with one attached hydrogen (secondary N) is 1. The van der Waals surface area contributed by atoms with Crippen molar-refractivity contribution in [2.24, 2.45) is 0 Å². The highest BCUT2D eigenvalue weighted by molar-refractivity contribution is 5.95. The van der Waals surface area contributed by atoms with Crippen molar-refractivity contribution >= 4 is 17.6 Å². The first-order chi connectivity index (χ1) is 13.1. The molecule has 7 nitrogen and oxygen atoms in total. The Labute approximate surface area is 153 Å². The van der Waals surface area contributed by atoms with Gasteiger partial charge >= 0.3 is 5.97 Å². The lowest BCUT2D eigenvalue weighted by molar-refractivity contribution is -0.119. The number of esters is 1. The number of nitriles is 1.